The zero-order valence-corrected chi connectivity index (χ0v) is 13.2. The Hall–Kier alpha value is -2.76. The van der Waals surface area contributed by atoms with Crippen LogP contribution in [0.3, 0.4) is 0 Å². The van der Waals surface area contributed by atoms with Crippen LogP contribution >= 0.6 is 0 Å². The van der Waals surface area contributed by atoms with Crippen molar-refractivity contribution in [2.75, 3.05) is 19.6 Å². The highest BCUT2D eigenvalue weighted by atomic mass is 16.2. The van der Waals surface area contributed by atoms with Crippen LogP contribution in [0.1, 0.15) is 28.3 Å². The van der Waals surface area contributed by atoms with Gasteiger partial charge in [0.05, 0.1) is 23.4 Å². The van der Waals surface area contributed by atoms with Crippen molar-refractivity contribution < 1.29 is 9.59 Å². The third-order valence-corrected chi connectivity index (χ3v) is 5.21. The average Bonchev–Trinajstić information content (AvgIpc) is 3.22. The van der Waals surface area contributed by atoms with Gasteiger partial charge in [0.15, 0.2) is 0 Å². The van der Waals surface area contributed by atoms with Crippen molar-refractivity contribution in [3.63, 3.8) is 0 Å². The Bertz CT molecular complexity index is 765. The Morgan fingerprint density at radius 3 is 2.79 bits per heavy atom. The summed E-state index contributed by atoms with van der Waals surface area (Å²) in [4.78, 5) is 27.0. The maximum atomic E-state index is 12.7. The van der Waals surface area contributed by atoms with Crippen LogP contribution in [-0.4, -0.2) is 46.5 Å². The van der Waals surface area contributed by atoms with Gasteiger partial charge in [0, 0.05) is 25.6 Å². The molecule has 24 heavy (non-hydrogen) atoms. The van der Waals surface area contributed by atoms with Crippen molar-refractivity contribution in [3.8, 4) is 0 Å². The molecule has 6 heteroatoms. The predicted octanol–water partition coefficient (Wildman–Crippen LogP) is 1.22. The Kier molecular flexibility index (Phi) is 3.52. The number of hydrogen-bond donors (Lipinski definition) is 1. The van der Waals surface area contributed by atoms with E-state index in [9.17, 15) is 9.59 Å². The van der Waals surface area contributed by atoms with Crippen molar-refractivity contribution >= 4 is 11.8 Å². The van der Waals surface area contributed by atoms with Gasteiger partial charge in [0.25, 0.3) is 5.91 Å². The zero-order chi connectivity index (χ0) is 16.6. The van der Waals surface area contributed by atoms with E-state index in [2.05, 4.69) is 27.6 Å². The summed E-state index contributed by atoms with van der Waals surface area (Å²) < 4.78 is 0. The van der Waals surface area contributed by atoms with Crippen molar-refractivity contribution in [3.05, 3.63) is 59.9 Å². The van der Waals surface area contributed by atoms with E-state index in [1.54, 1.807) is 11.0 Å². The number of carbonyl (C=O) groups excluding carboxylic acids is 2. The molecule has 1 N–H and O–H groups in total. The standard InChI is InChI=1S/C18H18N4O2/c23-16(14-6-8-20-21-10-14)22-9-7-18(12-22)15(11-19-17(18)24)13-4-2-1-3-5-13/h1-6,8,10,15H,7,9,11-12H2,(H,19,24)/t15-,18+/m0/s1. The molecule has 4 rings (SSSR count). The van der Waals surface area contributed by atoms with Gasteiger partial charge in [0.1, 0.15) is 0 Å². The number of likely N-dealkylation sites (tertiary alicyclic amines) is 1. The number of nitrogens with zero attached hydrogens (tertiary/aromatic N) is 3. The fourth-order valence-corrected chi connectivity index (χ4v) is 3.92. The maximum absolute atomic E-state index is 12.7. The first-order valence-electron chi connectivity index (χ1n) is 8.10. The molecule has 0 saturated carbocycles. The van der Waals surface area contributed by atoms with Crippen molar-refractivity contribution in [2.24, 2.45) is 5.41 Å². The molecule has 1 spiro atoms. The number of hydrogen-bond acceptors (Lipinski definition) is 4. The molecule has 0 radical (unpaired) electrons. The lowest BCUT2D eigenvalue weighted by Gasteiger charge is -2.28. The molecule has 122 valence electrons. The zero-order valence-electron chi connectivity index (χ0n) is 13.2. The van der Waals surface area contributed by atoms with Crippen molar-refractivity contribution in [2.45, 2.75) is 12.3 Å². The van der Waals surface area contributed by atoms with Crippen LogP contribution < -0.4 is 5.32 Å². The van der Waals surface area contributed by atoms with Gasteiger partial charge in [-0.15, -0.1) is 0 Å². The number of amides is 2. The largest absolute Gasteiger partial charge is 0.355 e. The molecule has 2 saturated heterocycles. The van der Waals surface area contributed by atoms with Crippen molar-refractivity contribution in [1.82, 2.24) is 20.4 Å². The summed E-state index contributed by atoms with van der Waals surface area (Å²) in [6.07, 6.45) is 3.66. The van der Waals surface area contributed by atoms with Gasteiger partial charge in [0.2, 0.25) is 5.91 Å². The van der Waals surface area contributed by atoms with Gasteiger partial charge in [-0.2, -0.15) is 10.2 Å². The van der Waals surface area contributed by atoms with Crippen LogP contribution in [0.15, 0.2) is 48.8 Å². The topological polar surface area (TPSA) is 75.2 Å². The second-order valence-corrected chi connectivity index (χ2v) is 6.44. The molecule has 2 aliphatic rings. The summed E-state index contributed by atoms with van der Waals surface area (Å²) in [5.41, 5.74) is 1.13. The van der Waals surface area contributed by atoms with Crippen LogP contribution in [0.5, 0.6) is 0 Å². The van der Waals surface area contributed by atoms with Crippen molar-refractivity contribution in [1.29, 1.82) is 0 Å². The molecule has 2 amide bonds. The minimum atomic E-state index is -0.530. The predicted molar refractivity (Wildman–Crippen MR) is 87.2 cm³/mol. The van der Waals surface area contributed by atoms with Gasteiger partial charge in [-0.1, -0.05) is 30.3 Å². The monoisotopic (exact) mass is 322 g/mol. The summed E-state index contributed by atoms with van der Waals surface area (Å²) in [5, 5.41) is 10.5. The third-order valence-electron chi connectivity index (χ3n) is 5.21. The molecule has 6 nitrogen and oxygen atoms in total. The average molecular weight is 322 g/mol. The summed E-state index contributed by atoms with van der Waals surface area (Å²) in [6.45, 7) is 1.65. The van der Waals surface area contributed by atoms with Crippen LogP contribution in [0.2, 0.25) is 0 Å². The Balaban J connectivity index is 1.61. The Morgan fingerprint density at radius 2 is 2.04 bits per heavy atom. The highest BCUT2D eigenvalue weighted by Crippen LogP contribution is 2.47. The van der Waals surface area contributed by atoms with Crippen LogP contribution in [-0.2, 0) is 4.79 Å². The van der Waals surface area contributed by atoms with Gasteiger partial charge in [-0.05, 0) is 18.1 Å². The first kappa shape index (κ1) is 14.8. The molecule has 0 unspecified atom stereocenters. The molecule has 0 bridgehead atoms. The molecule has 2 atom stereocenters. The smallest absolute Gasteiger partial charge is 0.255 e. The third kappa shape index (κ3) is 2.26. The highest BCUT2D eigenvalue weighted by Gasteiger charge is 2.55. The van der Waals surface area contributed by atoms with Crippen LogP contribution in [0.25, 0.3) is 0 Å². The fourth-order valence-electron chi connectivity index (χ4n) is 3.92. The van der Waals surface area contributed by atoms with E-state index in [1.165, 1.54) is 12.4 Å². The molecule has 3 heterocycles. The number of benzene rings is 1. The summed E-state index contributed by atoms with van der Waals surface area (Å²) >= 11 is 0. The normalized spacial score (nSPS) is 25.9. The minimum absolute atomic E-state index is 0.0551. The van der Waals surface area contributed by atoms with E-state index in [-0.39, 0.29) is 17.7 Å². The molecular weight excluding hydrogens is 304 g/mol. The summed E-state index contributed by atoms with van der Waals surface area (Å²) in [5.74, 6) is 0.0624. The first-order chi connectivity index (χ1) is 11.7. The molecular formula is C18H18N4O2. The molecule has 2 fully saturated rings. The summed E-state index contributed by atoms with van der Waals surface area (Å²) in [6, 6.07) is 11.7. The van der Waals surface area contributed by atoms with Gasteiger partial charge in [-0.25, -0.2) is 0 Å². The van der Waals surface area contributed by atoms with Crippen LogP contribution in [0, 0.1) is 5.41 Å². The lowest BCUT2D eigenvalue weighted by Crippen LogP contribution is -2.39. The second-order valence-electron chi connectivity index (χ2n) is 6.44. The molecule has 2 aromatic rings. The van der Waals surface area contributed by atoms with E-state index < -0.39 is 5.41 Å². The van der Waals surface area contributed by atoms with E-state index in [0.717, 1.165) is 5.56 Å². The fraction of sp³-hybridized carbons (Fsp3) is 0.333. The van der Waals surface area contributed by atoms with Gasteiger partial charge >= 0.3 is 0 Å². The number of aromatic nitrogens is 2. The minimum Gasteiger partial charge on any atom is -0.355 e. The SMILES string of the molecule is O=C(c1ccnnc1)N1CC[C@]2(C1)C(=O)NC[C@H]2c1ccccc1. The quantitative estimate of drug-likeness (QED) is 0.902. The van der Waals surface area contributed by atoms with E-state index >= 15 is 0 Å². The van der Waals surface area contributed by atoms with Gasteiger partial charge in [-0.3, -0.25) is 9.59 Å². The Morgan fingerprint density at radius 1 is 1.21 bits per heavy atom. The molecule has 2 aliphatic heterocycles. The lowest BCUT2D eigenvalue weighted by atomic mass is 9.73. The molecule has 1 aromatic carbocycles. The molecule has 1 aromatic heterocycles. The van der Waals surface area contributed by atoms with Gasteiger partial charge < -0.3 is 10.2 Å². The number of carbonyl (C=O) groups is 2. The lowest BCUT2D eigenvalue weighted by molar-refractivity contribution is -0.127. The first-order valence-corrected chi connectivity index (χ1v) is 8.10. The van der Waals surface area contributed by atoms with E-state index in [1.807, 2.05) is 18.2 Å². The van der Waals surface area contributed by atoms with E-state index in [4.69, 9.17) is 0 Å². The number of rotatable bonds is 2. The Labute approximate surface area is 139 Å². The highest BCUT2D eigenvalue weighted by molar-refractivity contribution is 5.95. The second kappa shape index (κ2) is 5.70. The van der Waals surface area contributed by atoms with E-state index in [0.29, 0.717) is 31.6 Å². The molecule has 0 aliphatic carbocycles. The summed E-state index contributed by atoms with van der Waals surface area (Å²) in [7, 11) is 0. The van der Waals surface area contributed by atoms with Crippen LogP contribution in [0.4, 0.5) is 0 Å². The maximum Gasteiger partial charge on any atom is 0.255 e. The number of nitrogens with one attached hydrogen (secondary N) is 1.